The van der Waals surface area contributed by atoms with Crippen LogP contribution in [0.1, 0.15) is 43.3 Å². The third kappa shape index (κ3) is 2.93. The van der Waals surface area contributed by atoms with Crippen LogP contribution in [0.25, 0.3) is 10.1 Å². The van der Waals surface area contributed by atoms with Crippen LogP contribution >= 0.6 is 11.3 Å². The number of carbonyl (C=O) groups excluding carboxylic acids is 1. The summed E-state index contributed by atoms with van der Waals surface area (Å²) in [7, 11) is 0. The number of hydrogen-bond donors (Lipinski definition) is 2. The number of thiophene rings is 1. The van der Waals surface area contributed by atoms with Gasteiger partial charge in [0, 0.05) is 15.6 Å². The van der Waals surface area contributed by atoms with E-state index in [0.717, 1.165) is 17.5 Å². The second-order valence-electron chi connectivity index (χ2n) is 5.57. The number of fused-ring (bicyclic) bond motifs is 1. The van der Waals surface area contributed by atoms with Gasteiger partial charge in [0.2, 0.25) is 0 Å². The summed E-state index contributed by atoms with van der Waals surface area (Å²) in [6.45, 7) is 6.04. The summed E-state index contributed by atoms with van der Waals surface area (Å²) in [4.78, 5) is 12.8. The molecule has 5 heteroatoms. The van der Waals surface area contributed by atoms with Crippen LogP contribution in [0.15, 0.2) is 18.2 Å². The minimum absolute atomic E-state index is 0.192. The van der Waals surface area contributed by atoms with E-state index in [-0.39, 0.29) is 17.3 Å². The van der Waals surface area contributed by atoms with E-state index in [0.29, 0.717) is 16.0 Å². The van der Waals surface area contributed by atoms with Gasteiger partial charge in [0.25, 0.3) is 5.91 Å². The molecule has 0 saturated heterocycles. The van der Waals surface area contributed by atoms with Crippen molar-refractivity contribution in [3.05, 3.63) is 28.9 Å². The molecule has 0 aliphatic heterocycles. The predicted molar refractivity (Wildman–Crippen MR) is 82.6 cm³/mol. The molecule has 0 atom stereocenters. The molecule has 2 aromatic rings. The summed E-state index contributed by atoms with van der Waals surface area (Å²) in [6.07, 6.45) is 1.87. The van der Waals surface area contributed by atoms with Crippen molar-refractivity contribution in [2.24, 2.45) is 0 Å². The molecule has 1 amide bonds. The topological polar surface area (TPSA) is 55.1 Å². The van der Waals surface area contributed by atoms with Crippen molar-refractivity contribution < 1.29 is 9.18 Å². The van der Waals surface area contributed by atoms with Gasteiger partial charge in [0.1, 0.15) is 10.7 Å². The lowest BCUT2D eigenvalue weighted by Gasteiger charge is -2.25. The molecule has 2 rings (SSSR count). The van der Waals surface area contributed by atoms with E-state index in [1.807, 2.05) is 13.8 Å². The first kappa shape index (κ1) is 14.8. The molecular formula is C15H19FN2OS. The molecule has 0 unspecified atom stereocenters. The van der Waals surface area contributed by atoms with Crippen molar-refractivity contribution in [3.63, 3.8) is 0 Å². The number of carbonyl (C=O) groups is 1. The van der Waals surface area contributed by atoms with Gasteiger partial charge in [-0.05, 0) is 38.5 Å². The summed E-state index contributed by atoms with van der Waals surface area (Å²) >= 11 is 1.30. The van der Waals surface area contributed by atoms with Gasteiger partial charge in [0.15, 0.2) is 0 Å². The van der Waals surface area contributed by atoms with E-state index in [1.165, 1.54) is 23.5 Å². The summed E-state index contributed by atoms with van der Waals surface area (Å²) in [6, 6.07) is 4.40. The molecule has 0 fully saturated rings. The van der Waals surface area contributed by atoms with Crippen molar-refractivity contribution in [1.82, 2.24) is 5.32 Å². The highest BCUT2D eigenvalue weighted by Crippen LogP contribution is 2.34. The Balaban J connectivity index is 2.33. The summed E-state index contributed by atoms with van der Waals surface area (Å²) in [5.41, 5.74) is 6.06. The molecule has 1 aromatic carbocycles. The van der Waals surface area contributed by atoms with Gasteiger partial charge in [-0.3, -0.25) is 4.79 Å². The highest BCUT2D eigenvalue weighted by Gasteiger charge is 2.23. The van der Waals surface area contributed by atoms with Crippen molar-refractivity contribution in [2.45, 2.75) is 39.2 Å². The lowest BCUT2D eigenvalue weighted by molar-refractivity contribution is 0.0914. The van der Waals surface area contributed by atoms with Gasteiger partial charge in [0.05, 0.1) is 5.69 Å². The lowest BCUT2D eigenvalue weighted by Crippen LogP contribution is -2.43. The zero-order valence-corrected chi connectivity index (χ0v) is 12.7. The molecule has 3 N–H and O–H groups in total. The summed E-state index contributed by atoms with van der Waals surface area (Å²) in [5, 5.41) is 3.59. The Bertz CT molecular complexity index is 649. The second-order valence-corrected chi connectivity index (χ2v) is 6.63. The predicted octanol–water partition coefficient (Wildman–Crippen LogP) is 3.93. The van der Waals surface area contributed by atoms with Crippen LogP contribution < -0.4 is 11.1 Å². The monoisotopic (exact) mass is 294 g/mol. The smallest absolute Gasteiger partial charge is 0.263 e. The van der Waals surface area contributed by atoms with Crippen molar-refractivity contribution in [2.75, 3.05) is 5.73 Å². The largest absolute Gasteiger partial charge is 0.397 e. The molecule has 0 radical (unpaired) electrons. The molecule has 1 aromatic heterocycles. The van der Waals surface area contributed by atoms with Crippen molar-refractivity contribution in [1.29, 1.82) is 0 Å². The van der Waals surface area contributed by atoms with E-state index in [1.54, 1.807) is 6.07 Å². The Morgan fingerprint density at radius 1 is 1.45 bits per heavy atom. The SMILES string of the molecule is CCCC(C)(C)NC(=O)c1sc2ccc(F)cc2c1N. The maximum atomic E-state index is 13.2. The van der Waals surface area contributed by atoms with E-state index in [2.05, 4.69) is 12.2 Å². The first-order valence-electron chi connectivity index (χ1n) is 6.64. The molecule has 0 saturated carbocycles. The maximum absolute atomic E-state index is 13.2. The molecule has 0 aliphatic carbocycles. The fraction of sp³-hybridized carbons (Fsp3) is 0.400. The van der Waals surface area contributed by atoms with Crippen LogP contribution in [-0.4, -0.2) is 11.4 Å². The Kier molecular flexibility index (Phi) is 3.99. The quantitative estimate of drug-likeness (QED) is 0.897. The van der Waals surface area contributed by atoms with Gasteiger partial charge >= 0.3 is 0 Å². The van der Waals surface area contributed by atoms with Crippen LogP contribution in [0.3, 0.4) is 0 Å². The molecule has 0 bridgehead atoms. The molecule has 1 heterocycles. The normalized spacial score (nSPS) is 11.8. The Morgan fingerprint density at radius 2 is 2.15 bits per heavy atom. The average molecular weight is 294 g/mol. The lowest BCUT2D eigenvalue weighted by atomic mass is 9.99. The Hall–Kier alpha value is -1.62. The van der Waals surface area contributed by atoms with Gasteiger partial charge < -0.3 is 11.1 Å². The van der Waals surface area contributed by atoms with Gasteiger partial charge in [-0.25, -0.2) is 4.39 Å². The first-order valence-corrected chi connectivity index (χ1v) is 7.46. The molecule has 20 heavy (non-hydrogen) atoms. The zero-order chi connectivity index (χ0) is 14.9. The fourth-order valence-corrected chi connectivity index (χ4v) is 3.31. The molecule has 0 spiro atoms. The number of nitrogens with one attached hydrogen (secondary N) is 1. The minimum atomic E-state index is -0.347. The van der Waals surface area contributed by atoms with Crippen LogP contribution in [0.4, 0.5) is 10.1 Å². The van der Waals surface area contributed by atoms with Crippen LogP contribution in [0.5, 0.6) is 0 Å². The van der Waals surface area contributed by atoms with E-state index in [9.17, 15) is 9.18 Å². The molecule has 0 aliphatic rings. The number of benzene rings is 1. The third-order valence-corrected chi connectivity index (χ3v) is 4.41. The standard InChI is InChI=1S/C15H19FN2OS/c1-4-7-15(2,3)18-14(19)13-12(17)10-8-9(16)5-6-11(10)20-13/h5-6,8H,4,7,17H2,1-3H3,(H,18,19). The summed E-state index contributed by atoms with van der Waals surface area (Å²) < 4.78 is 14.1. The highest BCUT2D eigenvalue weighted by molar-refractivity contribution is 7.21. The fourth-order valence-electron chi connectivity index (χ4n) is 2.31. The number of amides is 1. The second kappa shape index (κ2) is 5.40. The third-order valence-electron chi connectivity index (χ3n) is 3.22. The highest BCUT2D eigenvalue weighted by atomic mass is 32.1. The van der Waals surface area contributed by atoms with Crippen molar-refractivity contribution in [3.8, 4) is 0 Å². The maximum Gasteiger partial charge on any atom is 0.263 e. The van der Waals surface area contributed by atoms with Gasteiger partial charge in [-0.15, -0.1) is 11.3 Å². The van der Waals surface area contributed by atoms with Crippen LogP contribution in [0.2, 0.25) is 0 Å². The minimum Gasteiger partial charge on any atom is -0.397 e. The molecule has 3 nitrogen and oxygen atoms in total. The van der Waals surface area contributed by atoms with E-state index < -0.39 is 0 Å². The Labute approximate surface area is 122 Å². The number of hydrogen-bond acceptors (Lipinski definition) is 3. The molecular weight excluding hydrogens is 275 g/mol. The number of nitrogen functional groups attached to an aromatic ring is 1. The van der Waals surface area contributed by atoms with Crippen LogP contribution in [-0.2, 0) is 0 Å². The van der Waals surface area contributed by atoms with Crippen molar-refractivity contribution >= 4 is 33.0 Å². The van der Waals surface area contributed by atoms with Gasteiger partial charge in [-0.2, -0.15) is 0 Å². The number of nitrogens with two attached hydrogens (primary N) is 1. The number of anilines is 1. The van der Waals surface area contributed by atoms with Gasteiger partial charge in [-0.1, -0.05) is 13.3 Å². The first-order chi connectivity index (χ1) is 9.34. The van der Waals surface area contributed by atoms with E-state index in [4.69, 9.17) is 5.73 Å². The summed E-state index contributed by atoms with van der Waals surface area (Å²) in [5.74, 6) is -0.539. The average Bonchev–Trinajstić information content (AvgIpc) is 2.66. The number of rotatable bonds is 4. The van der Waals surface area contributed by atoms with E-state index >= 15 is 0 Å². The zero-order valence-electron chi connectivity index (χ0n) is 11.9. The number of halogens is 1. The van der Waals surface area contributed by atoms with Crippen LogP contribution in [0, 0.1) is 5.82 Å². The molecule has 108 valence electrons. The Morgan fingerprint density at radius 3 is 2.80 bits per heavy atom.